The van der Waals surface area contributed by atoms with Crippen LogP contribution in [0.15, 0.2) is 18.3 Å². The van der Waals surface area contributed by atoms with Gasteiger partial charge < -0.3 is 15.1 Å². The Morgan fingerprint density at radius 1 is 1.21 bits per heavy atom. The number of aromatic nitrogens is 1. The van der Waals surface area contributed by atoms with Crippen molar-refractivity contribution in [3.8, 4) is 0 Å². The minimum Gasteiger partial charge on any atom is -0.373 e. The second-order valence-electron chi connectivity index (χ2n) is 4.46. The van der Waals surface area contributed by atoms with Crippen molar-refractivity contribution in [2.24, 2.45) is 0 Å². The van der Waals surface area contributed by atoms with Crippen LogP contribution in [0.2, 0.25) is 0 Å². The standard InChI is InChI=1S/C13H18N4O2/c1-3-16-8-13(19)17(9-12(16)18)7-10-4-5-11(14-2)15-6-10/h4-6H,3,7-9H2,1-2H3,(H,14,15). The minimum absolute atomic E-state index is 0.00176. The Kier molecular flexibility index (Phi) is 3.99. The van der Waals surface area contributed by atoms with Gasteiger partial charge in [0, 0.05) is 26.3 Å². The Bertz CT molecular complexity index is 472. The number of nitrogens with zero attached hydrogens (tertiary/aromatic N) is 3. The van der Waals surface area contributed by atoms with Crippen molar-refractivity contribution in [1.82, 2.24) is 14.8 Å². The van der Waals surface area contributed by atoms with Crippen molar-refractivity contribution >= 4 is 17.6 Å². The third kappa shape index (κ3) is 3.01. The molecule has 0 saturated carbocycles. The van der Waals surface area contributed by atoms with Crippen LogP contribution < -0.4 is 5.32 Å². The molecule has 1 N–H and O–H groups in total. The Morgan fingerprint density at radius 2 is 1.89 bits per heavy atom. The second-order valence-corrected chi connectivity index (χ2v) is 4.46. The van der Waals surface area contributed by atoms with E-state index >= 15 is 0 Å². The van der Waals surface area contributed by atoms with Gasteiger partial charge >= 0.3 is 0 Å². The topological polar surface area (TPSA) is 65.5 Å². The normalized spacial score (nSPS) is 15.9. The van der Waals surface area contributed by atoms with E-state index in [9.17, 15) is 9.59 Å². The number of carbonyl (C=O) groups excluding carboxylic acids is 2. The molecule has 19 heavy (non-hydrogen) atoms. The number of pyridine rings is 1. The van der Waals surface area contributed by atoms with Gasteiger partial charge in [-0.05, 0) is 18.6 Å². The summed E-state index contributed by atoms with van der Waals surface area (Å²) in [6, 6.07) is 3.76. The van der Waals surface area contributed by atoms with E-state index in [0.29, 0.717) is 13.1 Å². The fraction of sp³-hybridized carbons (Fsp3) is 0.462. The van der Waals surface area contributed by atoms with Crippen LogP contribution in [0.1, 0.15) is 12.5 Å². The maximum absolute atomic E-state index is 11.9. The molecule has 0 aliphatic carbocycles. The zero-order valence-corrected chi connectivity index (χ0v) is 11.2. The van der Waals surface area contributed by atoms with Gasteiger partial charge in [-0.15, -0.1) is 0 Å². The van der Waals surface area contributed by atoms with Gasteiger partial charge in [0.2, 0.25) is 11.8 Å². The predicted molar refractivity (Wildman–Crippen MR) is 71.5 cm³/mol. The van der Waals surface area contributed by atoms with E-state index in [-0.39, 0.29) is 24.9 Å². The van der Waals surface area contributed by atoms with Gasteiger partial charge in [0.25, 0.3) is 0 Å². The number of rotatable bonds is 4. The number of nitrogens with one attached hydrogen (secondary N) is 1. The molecule has 1 aromatic heterocycles. The maximum Gasteiger partial charge on any atom is 0.242 e. The maximum atomic E-state index is 11.9. The smallest absolute Gasteiger partial charge is 0.242 e. The molecular weight excluding hydrogens is 244 g/mol. The summed E-state index contributed by atoms with van der Waals surface area (Å²) in [6.07, 6.45) is 1.72. The first kappa shape index (κ1) is 13.3. The lowest BCUT2D eigenvalue weighted by molar-refractivity contribution is -0.150. The van der Waals surface area contributed by atoms with Crippen LogP contribution in [-0.2, 0) is 16.1 Å². The van der Waals surface area contributed by atoms with Crippen LogP contribution in [-0.4, -0.2) is 53.3 Å². The van der Waals surface area contributed by atoms with Gasteiger partial charge in [-0.1, -0.05) is 6.07 Å². The van der Waals surface area contributed by atoms with Crippen molar-refractivity contribution in [1.29, 1.82) is 0 Å². The zero-order chi connectivity index (χ0) is 13.8. The van der Waals surface area contributed by atoms with Crippen LogP contribution in [0.4, 0.5) is 5.82 Å². The van der Waals surface area contributed by atoms with Gasteiger partial charge in [0.1, 0.15) is 12.4 Å². The lowest BCUT2D eigenvalue weighted by Gasteiger charge is -2.33. The van der Waals surface area contributed by atoms with Crippen LogP contribution in [0.5, 0.6) is 0 Å². The summed E-state index contributed by atoms with van der Waals surface area (Å²) in [6.45, 7) is 3.22. The average Bonchev–Trinajstić information content (AvgIpc) is 2.43. The zero-order valence-electron chi connectivity index (χ0n) is 11.2. The summed E-state index contributed by atoms with van der Waals surface area (Å²) in [5, 5.41) is 2.93. The lowest BCUT2D eigenvalue weighted by Crippen LogP contribution is -2.53. The van der Waals surface area contributed by atoms with E-state index in [0.717, 1.165) is 11.4 Å². The fourth-order valence-electron chi connectivity index (χ4n) is 2.02. The Hall–Kier alpha value is -2.11. The highest BCUT2D eigenvalue weighted by molar-refractivity contribution is 5.92. The molecule has 0 spiro atoms. The summed E-state index contributed by atoms with van der Waals surface area (Å²) >= 11 is 0. The first-order valence-electron chi connectivity index (χ1n) is 6.32. The van der Waals surface area contributed by atoms with Crippen LogP contribution >= 0.6 is 0 Å². The van der Waals surface area contributed by atoms with E-state index in [1.54, 1.807) is 23.0 Å². The quantitative estimate of drug-likeness (QED) is 0.848. The van der Waals surface area contributed by atoms with Crippen LogP contribution in [0.25, 0.3) is 0 Å². The Morgan fingerprint density at radius 3 is 2.47 bits per heavy atom. The van der Waals surface area contributed by atoms with Crippen molar-refractivity contribution in [2.75, 3.05) is 32.0 Å². The number of hydrogen-bond acceptors (Lipinski definition) is 4. The number of carbonyl (C=O) groups is 2. The van der Waals surface area contributed by atoms with Crippen molar-refractivity contribution < 1.29 is 9.59 Å². The summed E-state index contributed by atoms with van der Waals surface area (Å²) < 4.78 is 0. The van der Waals surface area contributed by atoms with Gasteiger partial charge in [-0.2, -0.15) is 0 Å². The highest BCUT2D eigenvalue weighted by Gasteiger charge is 2.28. The molecule has 1 aromatic rings. The van der Waals surface area contributed by atoms with Crippen molar-refractivity contribution in [2.45, 2.75) is 13.5 Å². The Balaban J connectivity index is 2.02. The SMILES string of the molecule is CCN1CC(=O)N(Cc2ccc(NC)nc2)CC1=O. The lowest BCUT2D eigenvalue weighted by atomic mass is 10.2. The van der Waals surface area contributed by atoms with E-state index < -0.39 is 0 Å². The molecule has 0 radical (unpaired) electrons. The molecule has 1 aliphatic heterocycles. The second kappa shape index (κ2) is 5.69. The average molecular weight is 262 g/mol. The van der Waals surface area contributed by atoms with Gasteiger partial charge in [0.15, 0.2) is 0 Å². The molecule has 2 heterocycles. The number of piperazine rings is 1. The van der Waals surface area contributed by atoms with Crippen molar-refractivity contribution in [3.63, 3.8) is 0 Å². The monoisotopic (exact) mass is 262 g/mol. The first-order chi connectivity index (χ1) is 9.13. The fourth-order valence-corrected chi connectivity index (χ4v) is 2.02. The molecule has 0 aromatic carbocycles. The molecule has 2 rings (SSSR count). The van der Waals surface area contributed by atoms with E-state index in [4.69, 9.17) is 0 Å². The van der Waals surface area contributed by atoms with E-state index in [1.807, 2.05) is 19.1 Å². The predicted octanol–water partition coefficient (Wildman–Crippen LogP) is 0.314. The number of anilines is 1. The first-order valence-corrected chi connectivity index (χ1v) is 6.32. The van der Waals surface area contributed by atoms with Gasteiger partial charge in [-0.25, -0.2) is 4.98 Å². The molecular formula is C13H18N4O2. The molecule has 1 fully saturated rings. The summed E-state index contributed by atoms with van der Waals surface area (Å²) in [5.74, 6) is 0.767. The third-order valence-electron chi connectivity index (χ3n) is 3.19. The van der Waals surface area contributed by atoms with Gasteiger partial charge in [0.05, 0.1) is 6.54 Å². The van der Waals surface area contributed by atoms with E-state index in [1.165, 1.54) is 0 Å². The summed E-state index contributed by atoms with van der Waals surface area (Å²) in [7, 11) is 1.80. The molecule has 0 atom stereocenters. The summed E-state index contributed by atoms with van der Waals surface area (Å²) in [4.78, 5) is 31.1. The highest BCUT2D eigenvalue weighted by atomic mass is 16.2. The molecule has 6 nitrogen and oxygen atoms in total. The number of likely N-dealkylation sites (N-methyl/N-ethyl adjacent to an activating group) is 1. The molecule has 102 valence electrons. The molecule has 2 amide bonds. The molecule has 1 aliphatic rings. The number of hydrogen-bond donors (Lipinski definition) is 1. The molecule has 0 bridgehead atoms. The summed E-state index contributed by atoms with van der Waals surface area (Å²) in [5.41, 5.74) is 0.921. The molecule has 1 saturated heterocycles. The molecule has 6 heteroatoms. The minimum atomic E-state index is -0.0147. The van der Waals surface area contributed by atoms with Crippen LogP contribution in [0, 0.1) is 0 Å². The molecule has 0 unspecified atom stereocenters. The third-order valence-corrected chi connectivity index (χ3v) is 3.19. The van der Waals surface area contributed by atoms with Crippen molar-refractivity contribution in [3.05, 3.63) is 23.9 Å². The van der Waals surface area contributed by atoms with Gasteiger partial charge in [-0.3, -0.25) is 9.59 Å². The highest BCUT2D eigenvalue weighted by Crippen LogP contribution is 2.11. The van der Waals surface area contributed by atoms with E-state index in [2.05, 4.69) is 10.3 Å². The largest absolute Gasteiger partial charge is 0.373 e. The Labute approximate surface area is 112 Å². The number of amides is 2. The van der Waals surface area contributed by atoms with Crippen LogP contribution in [0.3, 0.4) is 0 Å².